The first-order valence-corrected chi connectivity index (χ1v) is 6.14. The van der Waals surface area contributed by atoms with Crippen molar-refractivity contribution in [3.63, 3.8) is 0 Å². The lowest BCUT2D eigenvalue weighted by Crippen LogP contribution is -2.25. The van der Waals surface area contributed by atoms with E-state index >= 15 is 0 Å². The van der Waals surface area contributed by atoms with Crippen molar-refractivity contribution in [3.05, 3.63) is 60.2 Å². The van der Waals surface area contributed by atoms with Crippen LogP contribution in [0.4, 0.5) is 5.69 Å². The van der Waals surface area contributed by atoms with Crippen molar-refractivity contribution in [2.24, 2.45) is 5.10 Å². The molecule has 0 aliphatic rings. The van der Waals surface area contributed by atoms with Gasteiger partial charge in [-0.15, -0.1) is 0 Å². The van der Waals surface area contributed by atoms with Crippen LogP contribution < -0.4 is 10.7 Å². The largest absolute Gasteiger partial charge is 0.507 e. The van der Waals surface area contributed by atoms with Crippen LogP contribution in [0.5, 0.6) is 5.75 Å². The number of para-hydroxylation sites is 2. The van der Waals surface area contributed by atoms with E-state index in [1.54, 1.807) is 24.3 Å². The fourth-order valence-electron chi connectivity index (χ4n) is 1.55. The minimum Gasteiger partial charge on any atom is -0.507 e. The van der Waals surface area contributed by atoms with Gasteiger partial charge in [0.15, 0.2) is 0 Å². The normalized spacial score (nSPS) is 10.4. The Morgan fingerprint density at radius 2 is 1.80 bits per heavy atom. The number of carbonyl (C=O) groups is 1. The molecule has 0 saturated carbocycles. The Hall–Kier alpha value is -2.82. The molecule has 3 N–H and O–H groups in total. The summed E-state index contributed by atoms with van der Waals surface area (Å²) in [6, 6.07) is 16.2. The van der Waals surface area contributed by atoms with Gasteiger partial charge in [0.2, 0.25) is 0 Å². The highest BCUT2D eigenvalue weighted by Crippen LogP contribution is 2.12. The Labute approximate surface area is 117 Å². The van der Waals surface area contributed by atoms with E-state index in [1.807, 2.05) is 30.3 Å². The molecule has 1 amide bonds. The van der Waals surface area contributed by atoms with Gasteiger partial charge < -0.3 is 10.4 Å². The second-order valence-electron chi connectivity index (χ2n) is 4.07. The van der Waals surface area contributed by atoms with Gasteiger partial charge in [0.25, 0.3) is 5.91 Å². The lowest BCUT2D eigenvalue weighted by Gasteiger charge is -2.04. The van der Waals surface area contributed by atoms with Crippen molar-refractivity contribution in [3.8, 4) is 5.75 Å². The maximum atomic E-state index is 11.5. The van der Waals surface area contributed by atoms with Gasteiger partial charge in [0, 0.05) is 11.3 Å². The zero-order valence-electron chi connectivity index (χ0n) is 10.8. The second kappa shape index (κ2) is 6.94. The molecule has 0 fully saturated rings. The topological polar surface area (TPSA) is 73.7 Å². The van der Waals surface area contributed by atoms with Gasteiger partial charge in [0.1, 0.15) is 5.75 Å². The van der Waals surface area contributed by atoms with Crippen molar-refractivity contribution in [1.82, 2.24) is 5.43 Å². The number of aromatic hydroxyl groups is 1. The van der Waals surface area contributed by atoms with Crippen molar-refractivity contribution in [2.75, 3.05) is 11.9 Å². The third-order valence-corrected chi connectivity index (χ3v) is 2.56. The standard InChI is InChI=1S/C15H15N3O2/c19-14-9-5-4-6-12(14)10-17-18-15(20)11-16-13-7-2-1-3-8-13/h1-10,16,19H,11H2,(H,18,20)/b17-10+. The molecule has 0 saturated heterocycles. The number of nitrogens with one attached hydrogen (secondary N) is 2. The molecule has 0 aromatic heterocycles. The number of phenols is 1. The van der Waals surface area contributed by atoms with E-state index in [0.29, 0.717) is 5.56 Å². The molecule has 2 aromatic carbocycles. The Morgan fingerprint density at radius 1 is 1.10 bits per heavy atom. The predicted octanol–water partition coefficient (Wildman–Crippen LogP) is 1.95. The maximum absolute atomic E-state index is 11.5. The molecule has 0 atom stereocenters. The molecule has 0 heterocycles. The fourth-order valence-corrected chi connectivity index (χ4v) is 1.55. The monoisotopic (exact) mass is 269 g/mol. The highest BCUT2D eigenvalue weighted by atomic mass is 16.3. The predicted molar refractivity (Wildman–Crippen MR) is 78.8 cm³/mol. The molecule has 5 nitrogen and oxygen atoms in total. The highest BCUT2D eigenvalue weighted by Gasteiger charge is 1.99. The number of benzene rings is 2. The first-order valence-electron chi connectivity index (χ1n) is 6.14. The molecule has 20 heavy (non-hydrogen) atoms. The number of phenolic OH excluding ortho intramolecular Hbond substituents is 1. The minimum atomic E-state index is -0.263. The number of hydrogen-bond acceptors (Lipinski definition) is 4. The summed E-state index contributed by atoms with van der Waals surface area (Å²) in [4.78, 5) is 11.5. The van der Waals surface area contributed by atoms with Gasteiger partial charge in [-0.1, -0.05) is 30.3 Å². The number of hydrazone groups is 1. The Bertz CT molecular complexity index is 597. The van der Waals surface area contributed by atoms with Crippen LogP contribution in [0.25, 0.3) is 0 Å². The Kier molecular flexibility index (Phi) is 4.72. The summed E-state index contributed by atoms with van der Waals surface area (Å²) in [5, 5.41) is 16.3. The Morgan fingerprint density at radius 3 is 2.55 bits per heavy atom. The molecule has 0 radical (unpaired) electrons. The van der Waals surface area contributed by atoms with E-state index in [1.165, 1.54) is 6.21 Å². The molecule has 2 aromatic rings. The number of anilines is 1. The maximum Gasteiger partial charge on any atom is 0.259 e. The van der Waals surface area contributed by atoms with Crippen molar-refractivity contribution < 1.29 is 9.90 Å². The van der Waals surface area contributed by atoms with Crippen molar-refractivity contribution >= 4 is 17.8 Å². The third kappa shape index (κ3) is 4.13. The van der Waals surface area contributed by atoms with Crippen molar-refractivity contribution in [2.45, 2.75) is 0 Å². The van der Waals surface area contributed by atoms with Gasteiger partial charge in [-0.3, -0.25) is 4.79 Å². The average Bonchev–Trinajstić information content (AvgIpc) is 2.48. The summed E-state index contributed by atoms with van der Waals surface area (Å²) in [5.74, 6) is -0.145. The molecular weight excluding hydrogens is 254 g/mol. The third-order valence-electron chi connectivity index (χ3n) is 2.56. The van der Waals surface area contributed by atoms with Crippen LogP contribution in [0.2, 0.25) is 0 Å². The van der Waals surface area contributed by atoms with Gasteiger partial charge in [-0.2, -0.15) is 5.10 Å². The quantitative estimate of drug-likeness (QED) is 0.574. The summed E-state index contributed by atoms with van der Waals surface area (Å²) in [6.07, 6.45) is 1.40. The number of amides is 1. The highest BCUT2D eigenvalue weighted by molar-refractivity contribution is 5.86. The second-order valence-corrected chi connectivity index (χ2v) is 4.07. The van der Waals surface area contributed by atoms with Crippen LogP contribution in [0, 0.1) is 0 Å². The number of carbonyl (C=O) groups excluding carboxylic acids is 1. The van der Waals surface area contributed by atoms with E-state index in [2.05, 4.69) is 15.8 Å². The van der Waals surface area contributed by atoms with Crippen molar-refractivity contribution in [1.29, 1.82) is 0 Å². The lowest BCUT2D eigenvalue weighted by molar-refractivity contribution is -0.119. The fraction of sp³-hybridized carbons (Fsp3) is 0.0667. The first-order chi connectivity index (χ1) is 9.75. The smallest absolute Gasteiger partial charge is 0.259 e. The van der Waals surface area contributed by atoms with E-state index in [-0.39, 0.29) is 18.2 Å². The zero-order valence-corrected chi connectivity index (χ0v) is 10.8. The summed E-state index contributed by atoms with van der Waals surface area (Å²) >= 11 is 0. The molecule has 5 heteroatoms. The van der Waals surface area contributed by atoms with Crippen LogP contribution in [0.1, 0.15) is 5.56 Å². The molecule has 102 valence electrons. The first kappa shape index (κ1) is 13.6. The molecular formula is C15H15N3O2. The molecule has 0 unspecified atom stereocenters. The molecule has 0 spiro atoms. The van der Waals surface area contributed by atoms with E-state index < -0.39 is 0 Å². The van der Waals surface area contributed by atoms with Crippen LogP contribution in [-0.2, 0) is 4.79 Å². The lowest BCUT2D eigenvalue weighted by atomic mass is 10.2. The summed E-state index contributed by atoms with van der Waals surface area (Å²) in [7, 11) is 0. The molecule has 0 aliphatic carbocycles. The van der Waals surface area contributed by atoms with Gasteiger partial charge >= 0.3 is 0 Å². The van der Waals surface area contributed by atoms with Crippen LogP contribution >= 0.6 is 0 Å². The zero-order chi connectivity index (χ0) is 14.2. The summed E-state index contributed by atoms with van der Waals surface area (Å²) in [5.41, 5.74) is 3.80. The number of hydrogen-bond donors (Lipinski definition) is 3. The van der Waals surface area contributed by atoms with Crippen LogP contribution in [0.15, 0.2) is 59.7 Å². The van der Waals surface area contributed by atoms with Gasteiger partial charge in [-0.25, -0.2) is 5.43 Å². The van der Waals surface area contributed by atoms with E-state index in [9.17, 15) is 9.90 Å². The minimum absolute atomic E-state index is 0.118. The average molecular weight is 269 g/mol. The van der Waals surface area contributed by atoms with Crippen LogP contribution in [-0.4, -0.2) is 23.8 Å². The number of rotatable bonds is 5. The Balaban J connectivity index is 1.79. The summed E-state index contributed by atoms with van der Waals surface area (Å²) < 4.78 is 0. The van der Waals surface area contributed by atoms with E-state index in [0.717, 1.165) is 5.69 Å². The van der Waals surface area contributed by atoms with Gasteiger partial charge in [0.05, 0.1) is 12.8 Å². The summed E-state index contributed by atoms with van der Waals surface area (Å²) in [6.45, 7) is 0.127. The van der Waals surface area contributed by atoms with E-state index in [4.69, 9.17) is 0 Å². The van der Waals surface area contributed by atoms with Gasteiger partial charge in [-0.05, 0) is 24.3 Å². The number of nitrogens with zero attached hydrogens (tertiary/aromatic N) is 1. The molecule has 0 aliphatic heterocycles. The molecule has 0 bridgehead atoms. The van der Waals surface area contributed by atoms with Crippen LogP contribution in [0.3, 0.4) is 0 Å². The molecule has 2 rings (SSSR count). The SMILES string of the molecule is O=C(CNc1ccccc1)N/N=C/c1ccccc1O.